The number of ether oxygens (including phenoxy) is 1. The molecule has 4 atom stereocenters. The summed E-state index contributed by atoms with van der Waals surface area (Å²) in [4.78, 5) is 2.72. The standard InChI is InChI=1S/C40H47N2OS/c1-5-20-40(4)29-15-9-10-16-30(29)41-21-19-26-22-32-28(23-27(26)36(40)41)34(25-13-7-6-8-14-25)35-37(43-32)39(2,3)24-42-31-17-11-12-18-33(31)44-38(35)42/h9-12,15-18,23,25-26,32,37H,5-8,13-14,19-22,24H2,1-4H3/q+1. The van der Waals surface area contributed by atoms with E-state index in [4.69, 9.17) is 4.74 Å². The van der Waals surface area contributed by atoms with Crippen LogP contribution in [-0.2, 0) is 16.7 Å². The minimum atomic E-state index is 0.0389. The van der Waals surface area contributed by atoms with Crippen molar-refractivity contribution in [1.82, 2.24) is 0 Å². The van der Waals surface area contributed by atoms with Crippen LogP contribution in [0.4, 0.5) is 5.69 Å². The summed E-state index contributed by atoms with van der Waals surface area (Å²) in [6, 6.07) is 18.4. The third kappa shape index (κ3) is 3.79. The minimum absolute atomic E-state index is 0.0389. The van der Waals surface area contributed by atoms with Gasteiger partial charge in [-0.3, -0.25) is 0 Å². The molecule has 44 heavy (non-hydrogen) atoms. The number of nitrogens with zero attached hydrogens (tertiary/aromatic N) is 2. The van der Waals surface area contributed by atoms with Crippen molar-refractivity contribution in [3.63, 3.8) is 0 Å². The van der Waals surface area contributed by atoms with Crippen molar-refractivity contribution < 1.29 is 9.30 Å². The zero-order valence-electron chi connectivity index (χ0n) is 27.0. The summed E-state index contributed by atoms with van der Waals surface area (Å²) in [6.07, 6.45) is 14.6. The number of rotatable bonds is 3. The van der Waals surface area contributed by atoms with Gasteiger partial charge in [-0.2, -0.15) is 4.57 Å². The summed E-state index contributed by atoms with van der Waals surface area (Å²) in [6.45, 7) is 12.0. The quantitative estimate of drug-likeness (QED) is 0.277. The molecule has 0 spiro atoms. The fourth-order valence-corrected chi connectivity index (χ4v) is 11.6. The Balaban J connectivity index is 1.31. The maximum atomic E-state index is 7.44. The van der Waals surface area contributed by atoms with E-state index >= 15 is 0 Å². The van der Waals surface area contributed by atoms with E-state index in [0.717, 1.165) is 19.5 Å². The molecule has 9 rings (SSSR count). The third-order valence-electron chi connectivity index (χ3n) is 12.2. The van der Waals surface area contributed by atoms with Gasteiger partial charge in [0.25, 0.3) is 5.01 Å². The van der Waals surface area contributed by atoms with Gasteiger partial charge in [0.1, 0.15) is 10.8 Å². The predicted octanol–water partition coefficient (Wildman–Crippen LogP) is 9.51. The van der Waals surface area contributed by atoms with E-state index in [1.54, 1.807) is 28.0 Å². The second kappa shape index (κ2) is 9.90. The van der Waals surface area contributed by atoms with Crippen molar-refractivity contribution in [3.8, 4) is 0 Å². The molecule has 0 radical (unpaired) electrons. The fourth-order valence-electron chi connectivity index (χ4n) is 10.3. The van der Waals surface area contributed by atoms with Crippen LogP contribution in [0.15, 0.2) is 77.0 Å². The molecule has 3 nitrogen and oxygen atoms in total. The Hall–Kier alpha value is -2.69. The van der Waals surface area contributed by atoms with Crippen molar-refractivity contribution in [2.24, 2.45) is 17.3 Å². The molecule has 4 heteroatoms. The van der Waals surface area contributed by atoms with Gasteiger partial charge in [-0.25, -0.2) is 0 Å². The van der Waals surface area contributed by atoms with Crippen molar-refractivity contribution in [2.75, 3.05) is 11.4 Å². The summed E-state index contributed by atoms with van der Waals surface area (Å²) in [5.41, 5.74) is 12.5. The van der Waals surface area contributed by atoms with E-state index in [9.17, 15) is 0 Å². The molecular formula is C40H47N2OS+. The van der Waals surface area contributed by atoms with Crippen LogP contribution < -0.4 is 9.47 Å². The number of thiazole rings is 1. The average molecular weight is 604 g/mol. The molecule has 0 amide bonds. The second-order valence-corrected chi connectivity index (χ2v) is 16.5. The Bertz CT molecular complexity index is 1770. The monoisotopic (exact) mass is 603 g/mol. The van der Waals surface area contributed by atoms with Crippen LogP contribution in [-0.4, -0.2) is 18.8 Å². The second-order valence-electron chi connectivity index (χ2n) is 15.5. The zero-order valence-corrected chi connectivity index (χ0v) is 27.8. The number of aromatic nitrogens is 1. The highest BCUT2D eigenvalue weighted by atomic mass is 32.1. The molecule has 0 N–H and O–H groups in total. The Labute approximate surface area is 267 Å². The molecule has 0 saturated heterocycles. The maximum Gasteiger partial charge on any atom is 0.268 e. The lowest BCUT2D eigenvalue weighted by Crippen LogP contribution is -2.57. The number of hydrogen-bond acceptors (Lipinski definition) is 3. The molecular weight excluding hydrogens is 557 g/mol. The number of anilines is 1. The first kappa shape index (κ1) is 27.6. The fraction of sp³-hybridized carbons (Fsp3) is 0.525. The number of allylic oxidation sites excluding steroid dienone is 3. The SMILES string of the molecule is CCCC1(C)C2=C3C=C4C(C5CCCCC5)=C5c6sc7ccccc7[n+]6CC(C)(C)C5OC4CC3CCN2c2ccccc21. The van der Waals surface area contributed by atoms with Gasteiger partial charge in [0, 0.05) is 29.4 Å². The van der Waals surface area contributed by atoms with Crippen LogP contribution >= 0.6 is 11.3 Å². The molecule has 0 bridgehead atoms. The molecule has 2 aliphatic carbocycles. The lowest BCUT2D eigenvalue weighted by molar-refractivity contribution is -0.688. The van der Waals surface area contributed by atoms with Crippen molar-refractivity contribution in [3.05, 3.63) is 87.6 Å². The van der Waals surface area contributed by atoms with Gasteiger partial charge in [-0.15, -0.1) is 0 Å². The van der Waals surface area contributed by atoms with Gasteiger partial charge in [0.15, 0.2) is 6.54 Å². The predicted molar refractivity (Wildman–Crippen MR) is 182 cm³/mol. The highest BCUT2D eigenvalue weighted by molar-refractivity contribution is 7.19. The highest BCUT2D eigenvalue weighted by Crippen LogP contribution is 2.59. The van der Waals surface area contributed by atoms with E-state index in [2.05, 4.69) is 91.8 Å². The van der Waals surface area contributed by atoms with Crippen LogP contribution in [0.3, 0.4) is 0 Å². The van der Waals surface area contributed by atoms with E-state index in [1.165, 1.54) is 77.8 Å². The first-order chi connectivity index (χ1) is 21.4. The van der Waals surface area contributed by atoms with Crippen molar-refractivity contribution in [2.45, 2.75) is 110 Å². The van der Waals surface area contributed by atoms with Crippen LogP contribution in [0.5, 0.6) is 0 Å². The Morgan fingerprint density at radius 1 is 0.932 bits per heavy atom. The average Bonchev–Trinajstić information content (AvgIpc) is 3.52. The van der Waals surface area contributed by atoms with Crippen LogP contribution in [0, 0.1) is 17.3 Å². The summed E-state index contributed by atoms with van der Waals surface area (Å²) in [5, 5.41) is 1.46. The topological polar surface area (TPSA) is 16.4 Å². The Morgan fingerprint density at radius 2 is 1.73 bits per heavy atom. The normalized spacial score (nSPS) is 30.8. The van der Waals surface area contributed by atoms with E-state index in [0.29, 0.717) is 11.8 Å². The summed E-state index contributed by atoms with van der Waals surface area (Å²) in [7, 11) is 0. The van der Waals surface area contributed by atoms with Crippen LogP contribution in [0.2, 0.25) is 0 Å². The van der Waals surface area contributed by atoms with E-state index in [1.807, 2.05) is 11.3 Å². The molecule has 5 heterocycles. The van der Waals surface area contributed by atoms with E-state index < -0.39 is 0 Å². The Kier molecular flexibility index (Phi) is 6.21. The molecule has 4 unspecified atom stereocenters. The Morgan fingerprint density at radius 3 is 2.57 bits per heavy atom. The van der Waals surface area contributed by atoms with Gasteiger partial charge < -0.3 is 9.64 Å². The van der Waals surface area contributed by atoms with Crippen LogP contribution in [0.1, 0.15) is 96.1 Å². The summed E-state index contributed by atoms with van der Waals surface area (Å²) in [5.74, 6) is 1.21. The molecule has 4 aliphatic heterocycles. The van der Waals surface area contributed by atoms with Gasteiger partial charge in [-0.05, 0) is 85.3 Å². The zero-order chi connectivity index (χ0) is 29.8. The van der Waals surface area contributed by atoms with Crippen LogP contribution in [0.25, 0.3) is 15.8 Å². The van der Waals surface area contributed by atoms with Gasteiger partial charge in [0.05, 0.1) is 17.1 Å². The number of para-hydroxylation sites is 2. The third-order valence-corrected chi connectivity index (χ3v) is 13.4. The first-order valence-electron chi connectivity index (χ1n) is 17.5. The molecule has 228 valence electrons. The minimum Gasteiger partial charge on any atom is -0.364 e. The summed E-state index contributed by atoms with van der Waals surface area (Å²) < 4.78 is 11.5. The molecule has 1 saturated carbocycles. The number of fused-ring (bicyclic) bond motifs is 10. The number of hydrogen-bond donors (Lipinski definition) is 0. The van der Waals surface area contributed by atoms with Gasteiger partial charge in [0.2, 0.25) is 5.52 Å². The highest BCUT2D eigenvalue weighted by Gasteiger charge is 2.55. The smallest absolute Gasteiger partial charge is 0.268 e. The maximum absolute atomic E-state index is 7.44. The molecule has 1 fully saturated rings. The summed E-state index contributed by atoms with van der Waals surface area (Å²) >= 11 is 2.01. The molecule has 3 aromatic rings. The van der Waals surface area contributed by atoms with Gasteiger partial charge >= 0.3 is 0 Å². The lowest BCUT2D eigenvalue weighted by Gasteiger charge is -2.49. The molecule has 1 aromatic heterocycles. The van der Waals surface area contributed by atoms with Gasteiger partial charge in [-0.1, -0.05) is 94.2 Å². The van der Waals surface area contributed by atoms with E-state index in [-0.39, 0.29) is 23.0 Å². The molecule has 6 aliphatic rings. The molecule has 2 aromatic carbocycles. The lowest BCUT2D eigenvalue weighted by atomic mass is 9.65. The first-order valence-corrected chi connectivity index (χ1v) is 18.4. The largest absolute Gasteiger partial charge is 0.364 e. The number of benzene rings is 2. The van der Waals surface area contributed by atoms with Crippen molar-refractivity contribution in [1.29, 1.82) is 0 Å². The van der Waals surface area contributed by atoms with Crippen molar-refractivity contribution >= 4 is 32.8 Å².